The van der Waals surface area contributed by atoms with E-state index in [1.165, 1.54) is 43.2 Å². The number of para-hydroxylation sites is 1. The molecule has 3 nitrogen and oxygen atoms in total. The van der Waals surface area contributed by atoms with Gasteiger partial charge in [-0.05, 0) is 63.7 Å². The number of nitrogens with zero attached hydrogens (tertiary/aromatic N) is 2. The molecule has 2 aromatic heterocycles. The van der Waals surface area contributed by atoms with Gasteiger partial charge in [0.05, 0.1) is 16.8 Å². The molecule has 11 rings (SSSR count). The molecule has 0 fully saturated rings. The summed E-state index contributed by atoms with van der Waals surface area (Å²) in [4.78, 5) is 13.0. The normalized spacial score (nSPS) is 15.5. The van der Waals surface area contributed by atoms with Gasteiger partial charge in [-0.3, -0.25) is 0 Å². The minimum atomic E-state index is -0.564. The Bertz CT molecular complexity index is 2780. The van der Waals surface area contributed by atoms with Crippen LogP contribution in [0.4, 0.5) is 0 Å². The molecule has 1 spiro atoms. The monoisotopic (exact) mass is 668 g/mol. The summed E-state index contributed by atoms with van der Waals surface area (Å²) in [6.07, 6.45) is 0. The van der Waals surface area contributed by atoms with Crippen molar-refractivity contribution in [3.05, 3.63) is 192 Å². The van der Waals surface area contributed by atoms with Crippen LogP contribution < -0.4 is 0 Å². The maximum absolute atomic E-state index is 6.56. The molecule has 0 saturated heterocycles. The number of benzene rings is 7. The van der Waals surface area contributed by atoms with Crippen molar-refractivity contribution in [2.45, 2.75) is 15.2 Å². The average Bonchev–Trinajstić information content (AvgIpc) is 3.70. The molecule has 3 heterocycles. The Morgan fingerprint density at radius 1 is 0.431 bits per heavy atom. The Hall–Kier alpha value is -6.23. The zero-order valence-corrected chi connectivity index (χ0v) is 28.2. The van der Waals surface area contributed by atoms with Gasteiger partial charge >= 0.3 is 0 Å². The second kappa shape index (κ2) is 10.9. The van der Waals surface area contributed by atoms with Gasteiger partial charge in [0, 0.05) is 37.3 Å². The van der Waals surface area contributed by atoms with Crippen LogP contribution in [0.5, 0.6) is 0 Å². The first-order valence-corrected chi connectivity index (χ1v) is 18.1. The number of aromatic nitrogens is 2. The third-order valence-corrected chi connectivity index (χ3v) is 11.8. The van der Waals surface area contributed by atoms with Crippen molar-refractivity contribution >= 4 is 33.7 Å². The smallest absolute Gasteiger partial charge is 0.161 e. The van der Waals surface area contributed by atoms with E-state index in [0.29, 0.717) is 5.82 Å². The summed E-state index contributed by atoms with van der Waals surface area (Å²) in [7, 11) is 0. The molecule has 9 aromatic rings. The maximum atomic E-state index is 6.56. The lowest BCUT2D eigenvalue weighted by molar-refractivity contribution is 0.664. The zero-order valence-electron chi connectivity index (χ0n) is 27.4. The molecule has 51 heavy (non-hydrogen) atoms. The summed E-state index contributed by atoms with van der Waals surface area (Å²) in [5, 5.41) is 2.28. The van der Waals surface area contributed by atoms with Gasteiger partial charge in [-0.25, -0.2) is 9.97 Å². The van der Waals surface area contributed by atoms with Gasteiger partial charge < -0.3 is 4.42 Å². The van der Waals surface area contributed by atoms with Crippen molar-refractivity contribution in [2.24, 2.45) is 0 Å². The number of furan rings is 1. The Morgan fingerprint density at radius 2 is 1.06 bits per heavy atom. The first kappa shape index (κ1) is 28.6. The third-order valence-electron chi connectivity index (χ3n) is 10.6. The fraction of sp³-hybridized carbons (Fsp3) is 0.0213. The van der Waals surface area contributed by atoms with Crippen LogP contribution in [0.25, 0.3) is 67.0 Å². The second-order valence-corrected chi connectivity index (χ2v) is 14.3. The van der Waals surface area contributed by atoms with Crippen molar-refractivity contribution in [1.29, 1.82) is 0 Å². The Labute approximate surface area is 299 Å². The van der Waals surface area contributed by atoms with Crippen molar-refractivity contribution in [1.82, 2.24) is 9.97 Å². The highest BCUT2D eigenvalue weighted by atomic mass is 32.2. The van der Waals surface area contributed by atoms with E-state index in [0.717, 1.165) is 50.0 Å². The van der Waals surface area contributed by atoms with Gasteiger partial charge in [-0.1, -0.05) is 151 Å². The highest BCUT2D eigenvalue weighted by Gasteiger charge is 2.51. The summed E-state index contributed by atoms with van der Waals surface area (Å²) in [6, 6.07) is 60.5. The number of rotatable bonds is 3. The Balaban J connectivity index is 1.22. The van der Waals surface area contributed by atoms with E-state index in [1.807, 2.05) is 30.0 Å². The van der Waals surface area contributed by atoms with Crippen molar-refractivity contribution in [3.8, 4) is 45.0 Å². The summed E-state index contributed by atoms with van der Waals surface area (Å²) in [5.74, 6) is 0.716. The molecular formula is C47H28N2OS. The standard InChI is InChI=1S/C47H28N2OS/c1-3-14-29(15-4-1)40-28-41(30-16-5-2-6-17-30)49-46(48-40)33-20-13-23-38-45(33)51-44-25-12-10-22-37(44)47(38)36-21-9-7-18-31(36)34-26-35-32-19-8-11-24-42(32)50-43(35)27-39(34)47/h1-28H. The fourth-order valence-corrected chi connectivity index (χ4v) is 9.69. The first-order valence-electron chi connectivity index (χ1n) is 17.2. The summed E-state index contributed by atoms with van der Waals surface area (Å²) in [5.41, 5.74) is 13.7. The lowest BCUT2D eigenvalue weighted by Crippen LogP contribution is -2.32. The van der Waals surface area contributed by atoms with E-state index in [-0.39, 0.29) is 0 Å². The molecule has 2 aliphatic rings. The molecule has 0 saturated carbocycles. The molecule has 1 aliphatic carbocycles. The van der Waals surface area contributed by atoms with Crippen LogP contribution >= 0.6 is 11.8 Å². The lowest BCUT2D eigenvalue weighted by Gasteiger charge is -2.40. The van der Waals surface area contributed by atoms with Crippen LogP contribution in [0.1, 0.15) is 22.3 Å². The highest BCUT2D eigenvalue weighted by molar-refractivity contribution is 7.99. The van der Waals surface area contributed by atoms with Crippen LogP contribution in [0.3, 0.4) is 0 Å². The predicted octanol–water partition coefficient (Wildman–Crippen LogP) is 12.2. The summed E-state index contributed by atoms with van der Waals surface area (Å²) < 4.78 is 6.56. The quantitative estimate of drug-likeness (QED) is 0.188. The van der Waals surface area contributed by atoms with E-state index in [2.05, 4.69) is 152 Å². The van der Waals surface area contributed by atoms with Crippen LogP contribution in [-0.4, -0.2) is 9.97 Å². The molecule has 0 N–H and O–H groups in total. The average molecular weight is 669 g/mol. The van der Waals surface area contributed by atoms with Crippen molar-refractivity contribution in [2.75, 3.05) is 0 Å². The molecule has 238 valence electrons. The van der Waals surface area contributed by atoms with Crippen LogP contribution in [0, 0.1) is 0 Å². The Kier molecular flexibility index (Phi) is 6.10. The molecule has 0 amide bonds. The largest absolute Gasteiger partial charge is 0.456 e. The third kappa shape index (κ3) is 4.08. The van der Waals surface area contributed by atoms with Gasteiger partial charge in [-0.2, -0.15) is 0 Å². The number of fused-ring (bicyclic) bond motifs is 12. The minimum absolute atomic E-state index is 0.564. The highest BCUT2D eigenvalue weighted by Crippen LogP contribution is 2.63. The summed E-state index contributed by atoms with van der Waals surface area (Å²) in [6.45, 7) is 0. The lowest BCUT2D eigenvalue weighted by atomic mass is 9.67. The molecule has 0 radical (unpaired) electrons. The van der Waals surface area contributed by atoms with Crippen molar-refractivity contribution < 1.29 is 4.42 Å². The van der Waals surface area contributed by atoms with Gasteiger partial charge in [0.2, 0.25) is 0 Å². The van der Waals surface area contributed by atoms with E-state index < -0.39 is 5.41 Å². The van der Waals surface area contributed by atoms with E-state index in [1.54, 1.807) is 0 Å². The number of hydrogen-bond donors (Lipinski definition) is 0. The van der Waals surface area contributed by atoms with Gasteiger partial charge in [0.25, 0.3) is 0 Å². The molecule has 4 heteroatoms. The minimum Gasteiger partial charge on any atom is -0.456 e. The molecule has 7 aromatic carbocycles. The van der Waals surface area contributed by atoms with Crippen LogP contribution in [0.15, 0.2) is 184 Å². The van der Waals surface area contributed by atoms with Crippen LogP contribution in [-0.2, 0) is 5.41 Å². The second-order valence-electron chi connectivity index (χ2n) is 13.3. The number of hydrogen-bond acceptors (Lipinski definition) is 4. The fourth-order valence-electron chi connectivity index (χ4n) is 8.39. The van der Waals surface area contributed by atoms with E-state index in [9.17, 15) is 0 Å². The maximum Gasteiger partial charge on any atom is 0.161 e. The molecule has 0 bridgehead atoms. The van der Waals surface area contributed by atoms with Crippen molar-refractivity contribution in [3.63, 3.8) is 0 Å². The Morgan fingerprint density at radius 3 is 1.84 bits per heavy atom. The van der Waals surface area contributed by atoms with E-state index >= 15 is 0 Å². The summed E-state index contributed by atoms with van der Waals surface area (Å²) >= 11 is 1.82. The van der Waals surface area contributed by atoms with Gasteiger partial charge in [0.15, 0.2) is 5.82 Å². The van der Waals surface area contributed by atoms with Crippen LogP contribution in [0.2, 0.25) is 0 Å². The predicted molar refractivity (Wildman–Crippen MR) is 207 cm³/mol. The first-order chi connectivity index (χ1) is 25.3. The molecule has 1 atom stereocenters. The molecular weight excluding hydrogens is 641 g/mol. The molecule has 1 unspecified atom stereocenters. The SMILES string of the molecule is c1ccc(-c2cc(-c3ccccc3)nc(-c3cccc4c3Sc3ccccc3C43c4ccccc4-c4cc5c(cc43)oc3ccccc35)n2)cc1. The van der Waals surface area contributed by atoms with E-state index in [4.69, 9.17) is 14.4 Å². The molecule has 1 aliphatic heterocycles. The van der Waals surface area contributed by atoms with Gasteiger partial charge in [0.1, 0.15) is 11.2 Å². The zero-order chi connectivity index (χ0) is 33.5. The van der Waals surface area contributed by atoms with Gasteiger partial charge in [-0.15, -0.1) is 0 Å². The topological polar surface area (TPSA) is 38.9 Å².